The van der Waals surface area contributed by atoms with Gasteiger partial charge in [-0.25, -0.2) is 0 Å². The van der Waals surface area contributed by atoms with Crippen molar-refractivity contribution in [3.05, 3.63) is 110 Å². The minimum atomic E-state index is 0.0658. The molecule has 0 radical (unpaired) electrons. The molecule has 6 heterocycles. The topological polar surface area (TPSA) is 84.5 Å². The molecule has 6 aromatic rings. The highest BCUT2D eigenvalue weighted by molar-refractivity contribution is 6.36. The second-order valence-electron chi connectivity index (χ2n) is 19.3. The molecule has 10 rings (SSSR count). The van der Waals surface area contributed by atoms with Gasteiger partial charge in [0.1, 0.15) is 11.5 Å². The maximum Gasteiger partial charge on any atom is 0.123 e. The lowest BCUT2D eigenvalue weighted by molar-refractivity contribution is 0.122. The molecule has 65 heavy (non-hydrogen) atoms. The third-order valence-corrected chi connectivity index (χ3v) is 14.4. The number of rotatable bonds is 5. The van der Waals surface area contributed by atoms with Gasteiger partial charge in [0.25, 0.3) is 0 Å². The monoisotopic (exact) mass is 898 g/mol. The number of fused-ring (bicyclic) bond motifs is 4. The van der Waals surface area contributed by atoms with Crippen molar-refractivity contribution in [3.63, 3.8) is 0 Å². The zero-order chi connectivity index (χ0) is 46.4. The average Bonchev–Trinajstić information content (AvgIpc) is 3.76. The Hall–Kier alpha value is -5.29. The zero-order valence-corrected chi connectivity index (χ0v) is 41.3. The summed E-state index contributed by atoms with van der Waals surface area (Å²) in [5.74, 6) is 1.73. The van der Waals surface area contributed by atoms with Crippen molar-refractivity contribution in [2.24, 2.45) is 0 Å². The summed E-state index contributed by atoms with van der Waals surface area (Å²) >= 11 is 6.32. The Kier molecular flexibility index (Phi) is 13.2. The van der Waals surface area contributed by atoms with Crippen LogP contribution < -0.4 is 29.5 Å². The van der Waals surface area contributed by atoms with E-state index in [2.05, 4.69) is 122 Å². The molecule has 4 aliphatic rings. The molecule has 2 aromatic heterocycles. The molecule has 2 saturated heterocycles. The largest absolute Gasteiger partial charge is 0.496 e. The van der Waals surface area contributed by atoms with E-state index in [4.69, 9.17) is 35.5 Å². The predicted molar refractivity (Wildman–Crippen MR) is 271 cm³/mol. The lowest BCUT2D eigenvalue weighted by Crippen LogP contribution is -2.36. The minimum absolute atomic E-state index is 0.0658. The highest BCUT2D eigenvalue weighted by atomic mass is 35.5. The summed E-state index contributed by atoms with van der Waals surface area (Å²) in [6.45, 7) is 30.8. The molecule has 11 heteroatoms. The Morgan fingerprint density at radius 1 is 0.615 bits per heavy atom. The van der Waals surface area contributed by atoms with Gasteiger partial charge < -0.3 is 39.0 Å². The molecule has 0 saturated carbocycles. The van der Waals surface area contributed by atoms with E-state index in [-0.39, 0.29) is 10.8 Å². The predicted octanol–water partition coefficient (Wildman–Crippen LogP) is 11.5. The fourth-order valence-electron chi connectivity index (χ4n) is 9.75. The summed E-state index contributed by atoms with van der Waals surface area (Å²) < 4.78 is 21.8. The van der Waals surface area contributed by atoms with Crippen molar-refractivity contribution in [2.45, 2.75) is 80.1 Å². The molecule has 10 nitrogen and oxygen atoms in total. The van der Waals surface area contributed by atoms with Crippen molar-refractivity contribution < 1.29 is 18.9 Å². The van der Waals surface area contributed by atoms with Gasteiger partial charge in [0, 0.05) is 107 Å². The first-order valence-electron chi connectivity index (χ1n) is 23.0. The number of pyridine rings is 2. The number of anilines is 5. The Labute approximate surface area is 391 Å². The molecule has 0 bridgehead atoms. The number of halogens is 1. The van der Waals surface area contributed by atoms with Crippen LogP contribution in [-0.2, 0) is 20.3 Å². The quantitative estimate of drug-likeness (QED) is 0.181. The first-order chi connectivity index (χ1) is 31.0. The summed E-state index contributed by atoms with van der Waals surface area (Å²) in [4.78, 5) is 16.8. The Bertz CT molecular complexity index is 2740. The van der Waals surface area contributed by atoms with Gasteiger partial charge >= 0.3 is 0 Å². The maximum atomic E-state index is 6.32. The van der Waals surface area contributed by atoms with E-state index < -0.39 is 0 Å². The van der Waals surface area contributed by atoms with E-state index in [1.807, 2.05) is 32.9 Å². The Balaban J connectivity index is 0.000000147. The Morgan fingerprint density at radius 3 is 1.69 bits per heavy atom. The van der Waals surface area contributed by atoms with Gasteiger partial charge in [-0.05, 0) is 111 Å². The number of nitrogens with zero attached hydrogens (tertiary/aromatic N) is 5. The summed E-state index contributed by atoms with van der Waals surface area (Å²) in [7, 11) is 3.39. The number of ether oxygens (including phenoxy) is 4. The van der Waals surface area contributed by atoms with Crippen LogP contribution >= 0.6 is 11.6 Å². The zero-order valence-electron chi connectivity index (χ0n) is 40.6. The molecule has 0 spiro atoms. The molecule has 1 N–H and O–H groups in total. The third-order valence-electron chi connectivity index (χ3n) is 13.9. The first kappa shape index (κ1) is 46.2. The van der Waals surface area contributed by atoms with Gasteiger partial charge in [0.2, 0.25) is 0 Å². The fourth-order valence-corrected chi connectivity index (χ4v) is 10.0. The van der Waals surface area contributed by atoms with Crippen molar-refractivity contribution in [1.82, 2.24) is 9.97 Å². The number of morpholine rings is 2. The van der Waals surface area contributed by atoms with Crippen molar-refractivity contribution in [3.8, 4) is 11.5 Å². The molecule has 0 unspecified atom stereocenters. The van der Waals surface area contributed by atoms with Crippen LogP contribution in [0.5, 0.6) is 11.5 Å². The Morgan fingerprint density at radius 2 is 1.12 bits per heavy atom. The molecule has 0 atom stereocenters. The number of aromatic nitrogens is 2. The van der Waals surface area contributed by atoms with Crippen LogP contribution in [0.25, 0.3) is 21.8 Å². The molecule has 0 amide bonds. The molecule has 2 fully saturated rings. The highest BCUT2D eigenvalue weighted by Crippen LogP contribution is 2.49. The van der Waals surface area contributed by atoms with E-state index in [0.29, 0.717) is 0 Å². The van der Waals surface area contributed by atoms with Gasteiger partial charge in [-0.1, -0.05) is 51.4 Å². The second-order valence-corrected chi connectivity index (χ2v) is 19.7. The van der Waals surface area contributed by atoms with E-state index in [9.17, 15) is 0 Å². The SMILES string of the molecule is CC1(C)CNc2cc(N3CCOCC3)ccc21.COc1cc2nc(C)c(C)c(Cl)c2cc1C.COc1cc2nc(C)c(C)c(N3CC(C)(C)c4ccc(N5CCOCC5)cc43)c2cc1C. The van der Waals surface area contributed by atoms with E-state index in [1.54, 1.807) is 14.2 Å². The van der Waals surface area contributed by atoms with Crippen LogP contribution in [-0.4, -0.2) is 89.9 Å². The van der Waals surface area contributed by atoms with Crippen molar-refractivity contribution in [2.75, 3.05) is 99.9 Å². The molecule has 4 aromatic carbocycles. The first-order valence-corrected chi connectivity index (χ1v) is 23.4. The third kappa shape index (κ3) is 9.14. The molecule has 344 valence electrons. The van der Waals surface area contributed by atoms with Gasteiger partial charge in [-0.15, -0.1) is 0 Å². The number of hydrogen-bond donors (Lipinski definition) is 1. The van der Waals surface area contributed by atoms with Gasteiger partial charge in [0.05, 0.1) is 62.4 Å². The van der Waals surface area contributed by atoms with E-state index in [0.717, 1.165) is 127 Å². The number of benzene rings is 4. The molecular weight excluding hydrogens is 832 g/mol. The minimum Gasteiger partial charge on any atom is -0.496 e. The molecular formula is C54H67ClN6O4. The van der Waals surface area contributed by atoms with Crippen molar-refractivity contribution in [1.29, 1.82) is 0 Å². The highest BCUT2D eigenvalue weighted by Gasteiger charge is 2.38. The van der Waals surface area contributed by atoms with Crippen LogP contribution in [0.4, 0.5) is 28.4 Å². The summed E-state index contributed by atoms with van der Waals surface area (Å²) in [5, 5.41) is 6.47. The standard InChI is InChI=1S/C27H33N3O2.C14H20N2O.C13H14ClNO/c1-17-13-21-23(15-25(17)31-6)28-19(3)18(2)26(21)30-16-27(4,5)22-8-7-20(14-24(22)30)29-9-11-32-12-10-29;1-14(2)10-15-13-9-11(3-4-12(13)14)16-5-7-17-8-6-16;1-7-5-10-11(6-12(7)16-4)15-9(3)8(2)13(10)14/h7-8,13-15H,9-12,16H2,1-6H3;3-4,9,15H,5-8,10H2,1-2H3;5-6H,1-4H3. The van der Waals surface area contributed by atoms with Crippen LogP contribution in [0.15, 0.2) is 60.7 Å². The van der Waals surface area contributed by atoms with Gasteiger partial charge in [-0.3, -0.25) is 9.97 Å². The van der Waals surface area contributed by atoms with E-state index >= 15 is 0 Å². The summed E-state index contributed by atoms with van der Waals surface area (Å²) in [6, 6.07) is 22.1. The lowest BCUT2D eigenvalue weighted by Gasteiger charge is -2.30. The summed E-state index contributed by atoms with van der Waals surface area (Å²) in [5.41, 5.74) is 18.0. The van der Waals surface area contributed by atoms with E-state index in [1.165, 1.54) is 50.5 Å². The average molecular weight is 900 g/mol. The fraction of sp³-hybridized carbons (Fsp3) is 0.444. The number of aryl methyl sites for hydroxylation is 4. The van der Waals surface area contributed by atoms with Gasteiger partial charge in [0.15, 0.2) is 0 Å². The van der Waals surface area contributed by atoms with Crippen LogP contribution in [0.1, 0.15) is 72.5 Å². The molecule has 4 aliphatic heterocycles. The van der Waals surface area contributed by atoms with Crippen molar-refractivity contribution >= 4 is 61.8 Å². The van der Waals surface area contributed by atoms with Crippen LogP contribution in [0.3, 0.4) is 0 Å². The van der Waals surface area contributed by atoms with Gasteiger partial charge in [-0.2, -0.15) is 0 Å². The number of methoxy groups -OCH3 is 2. The summed E-state index contributed by atoms with van der Waals surface area (Å²) in [6.07, 6.45) is 0. The van der Waals surface area contributed by atoms with Crippen LogP contribution in [0, 0.1) is 41.5 Å². The van der Waals surface area contributed by atoms with Crippen LogP contribution in [0.2, 0.25) is 5.02 Å². The second kappa shape index (κ2) is 18.5. The molecule has 0 aliphatic carbocycles. The normalized spacial score (nSPS) is 17.2. The number of nitrogens with one attached hydrogen (secondary N) is 1. The smallest absolute Gasteiger partial charge is 0.123 e. The number of hydrogen-bond acceptors (Lipinski definition) is 10. The lowest BCUT2D eigenvalue weighted by atomic mass is 9.87. The maximum absolute atomic E-state index is 6.32.